The molecule has 1 fully saturated rings. The Morgan fingerprint density at radius 3 is 2.11 bits per heavy atom. The second-order valence-electron chi connectivity index (χ2n) is 8.96. The Bertz CT molecular complexity index is 1380. The van der Waals surface area contributed by atoms with Crippen molar-refractivity contribution < 1.29 is 19.1 Å². The van der Waals surface area contributed by atoms with Gasteiger partial charge in [0.05, 0.1) is 30.4 Å². The normalized spacial score (nSPS) is 22.9. The minimum absolute atomic E-state index is 0.257. The van der Waals surface area contributed by atoms with E-state index in [1.807, 2.05) is 114 Å². The number of ether oxygens (including phenoxy) is 2. The lowest BCUT2D eigenvalue weighted by Gasteiger charge is -2.40. The van der Waals surface area contributed by atoms with E-state index in [0.29, 0.717) is 11.4 Å². The van der Waals surface area contributed by atoms with Gasteiger partial charge in [-0.15, -0.1) is 0 Å². The molecule has 6 nitrogen and oxygen atoms in total. The van der Waals surface area contributed by atoms with Crippen LogP contribution in [0.3, 0.4) is 0 Å². The van der Waals surface area contributed by atoms with E-state index in [2.05, 4.69) is 0 Å². The quantitative estimate of drug-likeness (QED) is 0.375. The summed E-state index contributed by atoms with van der Waals surface area (Å²) in [6.07, 6.45) is 0. The number of benzene rings is 4. The van der Waals surface area contributed by atoms with E-state index in [0.717, 1.165) is 22.6 Å². The highest BCUT2D eigenvalue weighted by molar-refractivity contribution is 6.02. The number of fused-ring (bicyclic) bond motifs is 1. The van der Waals surface area contributed by atoms with Crippen LogP contribution in [0.25, 0.3) is 0 Å². The first kappa shape index (κ1) is 22.2. The first-order chi connectivity index (χ1) is 17.6. The third kappa shape index (κ3) is 3.41. The van der Waals surface area contributed by atoms with E-state index in [9.17, 15) is 4.79 Å². The molecule has 4 aromatic rings. The van der Waals surface area contributed by atoms with Crippen molar-refractivity contribution >= 4 is 17.3 Å². The summed E-state index contributed by atoms with van der Waals surface area (Å²) in [7, 11) is 3.41. The lowest BCUT2D eigenvalue weighted by atomic mass is 9.80. The van der Waals surface area contributed by atoms with Gasteiger partial charge < -0.3 is 14.4 Å². The van der Waals surface area contributed by atoms with Gasteiger partial charge in [0.2, 0.25) is 0 Å². The summed E-state index contributed by atoms with van der Waals surface area (Å²) in [5.74, 6) is -0.981. The summed E-state index contributed by atoms with van der Waals surface area (Å²) in [5.41, 5.74) is 3.46. The van der Waals surface area contributed by atoms with Crippen molar-refractivity contribution in [3.05, 3.63) is 120 Å². The number of likely N-dealkylation sites (N-methyl/N-ethyl adjacent to an activating group) is 1. The SMILES string of the molecule is COc1ccc([C@H]2[C@H](c3ccccc3)[C@]3(Oc4ccccc4N(C)C3=O)ON2c2ccccc2)cc1. The summed E-state index contributed by atoms with van der Waals surface area (Å²) in [4.78, 5) is 22.5. The largest absolute Gasteiger partial charge is 0.497 e. The number of hydroxylamine groups is 1. The van der Waals surface area contributed by atoms with E-state index in [-0.39, 0.29) is 11.9 Å². The number of para-hydroxylation sites is 3. The average molecular weight is 479 g/mol. The maximum atomic E-state index is 14.2. The summed E-state index contributed by atoms with van der Waals surface area (Å²) in [6, 6.07) is 34.9. The number of anilines is 2. The molecule has 2 aliphatic rings. The van der Waals surface area contributed by atoms with Crippen LogP contribution >= 0.6 is 0 Å². The molecule has 180 valence electrons. The molecule has 36 heavy (non-hydrogen) atoms. The Hall–Kier alpha value is -4.29. The van der Waals surface area contributed by atoms with E-state index in [1.165, 1.54) is 0 Å². The predicted molar refractivity (Wildman–Crippen MR) is 138 cm³/mol. The van der Waals surface area contributed by atoms with E-state index in [4.69, 9.17) is 14.3 Å². The van der Waals surface area contributed by atoms with Gasteiger partial charge in [-0.3, -0.25) is 4.79 Å². The maximum Gasteiger partial charge on any atom is 0.322 e. The molecule has 6 heteroatoms. The van der Waals surface area contributed by atoms with Crippen LogP contribution in [-0.4, -0.2) is 25.9 Å². The van der Waals surface area contributed by atoms with Gasteiger partial charge in [0, 0.05) is 7.05 Å². The molecular weight excluding hydrogens is 452 g/mol. The standard InChI is InChI=1S/C30H26N2O4/c1-31-25-15-9-10-16-26(25)35-30(29(31)33)27(21-11-5-3-6-12-21)28(22-17-19-24(34-2)20-18-22)32(36-30)23-13-7-4-8-14-23/h3-20,27-28H,1-2H3/t27-,28-,30-/m0/s1. The van der Waals surface area contributed by atoms with Crippen molar-refractivity contribution in [2.24, 2.45) is 0 Å². The van der Waals surface area contributed by atoms with Crippen molar-refractivity contribution in [3.63, 3.8) is 0 Å². The zero-order valence-electron chi connectivity index (χ0n) is 20.1. The monoisotopic (exact) mass is 478 g/mol. The minimum Gasteiger partial charge on any atom is -0.497 e. The molecule has 0 unspecified atom stereocenters. The summed E-state index contributed by atoms with van der Waals surface area (Å²) in [5, 5.41) is 1.82. The first-order valence-electron chi connectivity index (χ1n) is 11.9. The Balaban J connectivity index is 1.59. The zero-order valence-corrected chi connectivity index (χ0v) is 20.1. The molecule has 0 aromatic heterocycles. The first-order valence-corrected chi connectivity index (χ1v) is 11.9. The number of hydrogen-bond acceptors (Lipinski definition) is 5. The minimum atomic E-state index is -1.61. The van der Waals surface area contributed by atoms with Gasteiger partial charge in [-0.1, -0.05) is 72.8 Å². The fourth-order valence-electron chi connectivity index (χ4n) is 5.21. The number of carbonyl (C=O) groups is 1. The molecule has 0 aliphatic carbocycles. The highest BCUT2D eigenvalue weighted by Gasteiger charge is 2.65. The van der Waals surface area contributed by atoms with Crippen LogP contribution < -0.4 is 19.4 Å². The van der Waals surface area contributed by atoms with Crippen molar-refractivity contribution in [2.75, 3.05) is 24.1 Å². The van der Waals surface area contributed by atoms with Gasteiger partial charge in [0.25, 0.3) is 0 Å². The molecule has 1 spiro atoms. The second-order valence-corrected chi connectivity index (χ2v) is 8.96. The molecule has 0 saturated carbocycles. The van der Waals surface area contributed by atoms with Gasteiger partial charge >= 0.3 is 11.7 Å². The van der Waals surface area contributed by atoms with E-state index >= 15 is 0 Å². The zero-order chi connectivity index (χ0) is 24.7. The van der Waals surface area contributed by atoms with Crippen LogP contribution in [0.15, 0.2) is 109 Å². The van der Waals surface area contributed by atoms with Gasteiger partial charge in [0.1, 0.15) is 11.5 Å². The molecule has 6 rings (SSSR count). The fourth-order valence-corrected chi connectivity index (χ4v) is 5.21. The molecular formula is C30H26N2O4. The van der Waals surface area contributed by atoms with Crippen LogP contribution in [-0.2, 0) is 9.63 Å². The molecule has 0 N–H and O–H groups in total. The van der Waals surface area contributed by atoms with Crippen LogP contribution in [0.2, 0.25) is 0 Å². The summed E-state index contributed by atoms with van der Waals surface area (Å²) >= 11 is 0. The number of nitrogens with zero attached hydrogens (tertiary/aromatic N) is 2. The summed E-state index contributed by atoms with van der Waals surface area (Å²) < 4.78 is 12.0. The summed E-state index contributed by atoms with van der Waals surface area (Å²) in [6.45, 7) is 0. The molecule has 3 atom stereocenters. The van der Waals surface area contributed by atoms with Crippen molar-refractivity contribution in [1.82, 2.24) is 0 Å². The Morgan fingerprint density at radius 1 is 0.778 bits per heavy atom. The molecule has 0 radical (unpaired) electrons. The maximum absolute atomic E-state index is 14.2. The Kier molecular flexibility index (Phi) is 5.38. The molecule has 2 heterocycles. The molecule has 1 amide bonds. The molecule has 2 aliphatic heterocycles. The highest BCUT2D eigenvalue weighted by atomic mass is 16.8. The molecule has 4 aromatic carbocycles. The number of rotatable bonds is 4. The van der Waals surface area contributed by atoms with Gasteiger partial charge in [-0.2, -0.15) is 0 Å². The molecule has 1 saturated heterocycles. The smallest absolute Gasteiger partial charge is 0.322 e. The lowest BCUT2D eigenvalue weighted by Crippen LogP contribution is -2.58. The van der Waals surface area contributed by atoms with Crippen molar-refractivity contribution in [1.29, 1.82) is 0 Å². The van der Waals surface area contributed by atoms with Gasteiger partial charge in [-0.25, -0.2) is 9.90 Å². The average Bonchev–Trinajstić information content (AvgIpc) is 3.28. The highest BCUT2D eigenvalue weighted by Crippen LogP contribution is 2.56. The Labute approximate surface area is 210 Å². The number of carbonyl (C=O) groups excluding carboxylic acids is 1. The number of hydrogen-bond donors (Lipinski definition) is 0. The topological polar surface area (TPSA) is 51.2 Å². The van der Waals surface area contributed by atoms with E-state index in [1.54, 1.807) is 19.1 Å². The predicted octanol–water partition coefficient (Wildman–Crippen LogP) is 5.72. The van der Waals surface area contributed by atoms with Crippen molar-refractivity contribution in [2.45, 2.75) is 17.7 Å². The number of methoxy groups -OCH3 is 1. The Morgan fingerprint density at radius 2 is 1.42 bits per heavy atom. The van der Waals surface area contributed by atoms with Crippen LogP contribution in [0.1, 0.15) is 23.1 Å². The molecule has 0 bridgehead atoms. The third-order valence-corrected chi connectivity index (χ3v) is 6.93. The lowest BCUT2D eigenvalue weighted by molar-refractivity contribution is -0.186. The van der Waals surface area contributed by atoms with Crippen LogP contribution in [0.4, 0.5) is 11.4 Å². The second kappa shape index (κ2) is 8.73. The van der Waals surface area contributed by atoms with E-state index < -0.39 is 11.7 Å². The number of amides is 1. The van der Waals surface area contributed by atoms with Gasteiger partial charge in [0.15, 0.2) is 0 Å². The van der Waals surface area contributed by atoms with Crippen molar-refractivity contribution in [3.8, 4) is 11.5 Å². The fraction of sp³-hybridized carbons (Fsp3) is 0.167. The van der Waals surface area contributed by atoms with Crippen LogP contribution in [0, 0.1) is 0 Å². The third-order valence-electron chi connectivity index (χ3n) is 6.93. The van der Waals surface area contributed by atoms with Gasteiger partial charge in [-0.05, 0) is 47.5 Å². The van der Waals surface area contributed by atoms with Crippen LogP contribution in [0.5, 0.6) is 11.5 Å².